The molecule has 1 aromatic carbocycles. The minimum absolute atomic E-state index is 0.0327. The van der Waals surface area contributed by atoms with E-state index in [9.17, 15) is 9.59 Å². The summed E-state index contributed by atoms with van der Waals surface area (Å²) in [6.07, 6.45) is 0.631. The van der Waals surface area contributed by atoms with Crippen molar-refractivity contribution in [3.63, 3.8) is 0 Å². The first kappa shape index (κ1) is 13.7. The quantitative estimate of drug-likeness (QED) is 0.360. The molecule has 0 unspecified atom stereocenters. The van der Waals surface area contributed by atoms with Gasteiger partial charge in [-0.05, 0) is 19.1 Å². The number of benzene rings is 1. The van der Waals surface area contributed by atoms with E-state index >= 15 is 0 Å². The highest BCUT2D eigenvalue weighted by atomic mass is 16.2. The van der Waals surface area contributed by atoms with Gasteiger partial charge in [-0.25, -0.2) is 9.69 Å². The van der Waals surface area contributed by atoms with Crippen LogP contribution in [0.15, 0.2) is 35.4 Å². The molecule has 6 nitrogen and oxygen atoms in total. The highest BCUT2D eigenvalue weighted by Crippen LogP contribution is 2.14. The first-order chi connectivity index (χ1) is 8.70. The van der Waals surface area contributed by atoms with Crippen LogP contribution in [-0.4, -0.2) is 31.7 Å². The van der Waals surface area contributed by atoms with Gasteiger partial charge in [0, 0.05) is 7.05 Å². The van der Waals surface area contributed by atoms with Crippen LogP contribution in [0.5, 0.6) is 0 Å². The Morgan fingerprint density at radius 3 is 2.61 bits per heavy atom. The van der Waals surface area contributed by atoms with Crippen LogP contribution >= 0.6 is 0 Å². The van der Waals surface area contributed by atoms with Gasteiger partial charge in [0.15, 0.2) is 0 Å². The zero-order valence-electron chi connectivity index (χ0n) is 10.4. The molecule has 6 heteroatoms. The first-order valence-corrected chi connectivity index (χ1v) is 5.48. The molecule has 2 N–H and O–H groups in total. The molecular formula is C12H16N4O2. The molecule has 1 aromatic rings. The minimum Gasteiger partial charge on any atom is -0.331 e. The van der Waals surface area contributed by atoms with Crippen LogP contribution in [0.1, 0.15) is 6.92 Å². The summed E-state index contributed by atoms with van der Waals surface area (Å²) in [5.74, 6) is 0.479. The van der Waals surface area contributed by atoms with Crippen molar-refractivity contribution in [3.05, 3.63) is 30.3 Å². The Morgan fingerprint density at radius 2 is 2.06 bits per heavy atom. The average Bonchev–Trinajstić information content (AvgIpc) is 2.38. The van der Waals surface area contributed by atoms with E-state index in [1.54, 1.807) is 26.1 Å². The molecule has 0 fully saturated rings. The Bertz CT molecular complexity index is 431. The fourth-order valence-corrected chi connectivity index (χ4v) is 1.45. The summed E-state index contributed by atoms with van der Waals surface area (Å²) in [5.41, 5.74) is 3.30. The summed E-state index contributed by atoms with van der Waals surface area (Å²) in [5, 5.41) is 6.45. The number of hydrogen-bond acceptors (Lipinski definition) is 4. The van der Waals surface area contributed by atoms with Gasteiger partial charge in [0.2, 0.25) is 0 Å². The fraction of sp³-hybridized carbons (Fsp3) is 0.250. The number of carbonyl (C=O) groups is 2. The Morgan fingerprint density at radius 1 is 1.39 bits per heavy atom. The number of nitrogens with one attached hydrogen (secondary N) is 2. The van der Waals surface area contributed by atoms with Gasteiger partial charge in [-0.15, -0.1) is 0 Å². The van der Waals surface area contributed by atoms with Crippen molar-refractivity contribution in [2.24, 2.45) is 5.10 Å². The van der Waals surface area contributed by atoms with Crippen LogP contribution < -0.4 is 15.6 Å². The van der Waals surface area contributed by atoms with Crippen LogP contribution in [0.25, 0.3) is 0 Å². The molecule has 0 atom stereocenters. The molecule has 1 rings (SSSR count). The molecule has 0 aromatic heterocycles. The standard InChI is InChI=1S/C12H16N4O2/c1-10(15-13-2)16(12(18)14-8-9-17)11-6-4-3-5-7-11/h3-7,9,13H,8H2,1-2H3,(H,14,18)/b15-10+. The third kappa shape index (κ3) is 3.58. The number of aldehydes is 1. The molecule has 0 aliphatic heterocycles. The van der Waals surface area contributed by atoms with E-state index in [-0.39, 0.29) is 6.54 Å². The third-order valence-electron chi connectivity index (χ3n) is 2.15. The van der Waals surface area contributed by atoms with Crippen LogP contribution in [0.3, 0.4) is 0 Å². The van der Waals surface area contributed by atoms with E-state index in [0.717, 1.165) is 0 Å². The SMILES string of the molecule is CN/N=C(\C)N(C(=O)NCC=O)c1ccccc1. The normalized spacial score (nSPS) is 10.7. The van der Waals surface area contributed by atoms with E-state index in [1.807, 2.05) is 18.2 Å². The second kappa shape index (κ2) is 7.05. The summed E-state index contributed by atoms with van der Waals surface area (Å²) < 4.78 is 0. The van der Waals surface area contributed by atoms with Gasteiger partial charge >= 0.3 is 6.03 Å². The monoisotopic (exact) mass is 248 g/mol. The number of anilines is 1. The summed E-state index contributed by atoms with van der Waals surface area (Å²) in [7, 11) is 1.65. The van der Waals surface area contributed by atoms with Crippen LogP contribution in [0, 0.1) is 0 Å². The van der Waals surface area contributed by atoms with Crippen molar-refractivity contribution in [1.29, 1.82) is 0 Å². The summed E-state index contributed by atoms with van der Waals surface area (Å²) in [4.78, 5) is 23.6. The van der Waals surface area contributed by atoms with Gasteiger partial charge < -0.3 is 15.5 Å². The fourth-order valence-electron chi connectivity index (χ4n) is 1.45. The number of carbonyl (C=O) groups excluding carboxylic acids is 2. The molecule has 2 amide bonds. The molecule has 0 saturated carbocycles. The van der Waals surface area contributed by atoms with Gasteiger partial charge in [-0.3, -0.25) is 0 Å². The molecule has 0 spiro atoms. The number of rotatable bonds is 4. The van der Waals surface area contributed by atoms with Crippen molar-refractivity contribution in [3.8, 4) is 0 Å². The van der Waals surface area contributed by atoms with Crippen LogP contribution in [0.2, 0.25) is 0 Å². The van der Waals surface area contributed by atoms with E-state index in [4.69, 9.17) is 0 Å². The zero-order chi connectivity index (χ0) is 13.4. The summed E-state index contributed by atoms with van der Waals surface area (Å²) in [6.45, 7) is 1.67. The van der Waals surface area contributed by atoms with E-state index in [1.165, 1.54) is 4.90 Å². The zero-order valence-corrected chi connectivity index (χ0v) is 10.4. The van der Waals surface area contributed by atoms with Crippen LogP contribution in [-0.2, 0) is 4.79 Å². The Balaban J connectivity index is 2.99. The van der Waals surface area contributed by atoms with Gasteiger partial charge in [0.05, 0.1) is 12.2 Å². The van der Waals surface area contributed by atoms with E-state index < -0.39 is 6.03 Å². The number of hydrazone groups is 1. The molecule has 0 bridgehead atoms. The van der Waals surface area contributed by atoms with Gasteiger partial charge in [0.1, 0.15) is 12.1 Å². The third-order valence-corrected chi connectivity index (χ3v) is 2.15. The molecular weight excluding hydrogens is 232 g/mol. The second-order valence-electron chi connectivity index (χ2n) is 3.41. The largest absolute Gasteiger partial charge is 0.331 e. The summed E-state index contributed by atoms with van der Waals surface area (Å²) >= 11 is 0. The van der Waals surface area contributed by atoms with Crippen molar-refractivity contribution in [2.75, 3.05) is 18.5 Å². The number of amides is 2. The number of nitrogens with zero attached hydrogens (tertiary/aromatic N) is 2. The lowest BCUT2D eigenvalue weighted by atomic mass is 10.3. The molecule has 0 aliphatic rings. The number of hydrogen-bond donors (Lipinski definition) is 2. The second-order valence-corrected chi connectivity index (χ2v) is 3.41. The predicted octanol–water partition coefficient (Wildman–Crippen LogP) is 0.954. The number of urea groups is 1. The van der Waals surface area contributed by atoms with Crippen molar-refractivity contribution >= 4 is 23.8 Å². The Kier molecular flexibility index (Phi) is 5.37. The Labute approximate surface area is 106 Å². The average molecular weight is 248 g/mol. The first-order valence-electron chi connectivity index (χ1n) is 5.48. The molecule has 96 valence electrons. The number of amidine groups is 1. The maximum Gasteiger partial charge on any atom is 0.327 e. The van der Waals surface area contributed by atoms with Crippen LogP contribution in [0.4, 0.5) is 10.5 Å². The lowest BCUT2D eigenvalue weighted by Crippen LogP contribution is -2.44. The maximum atomic E-state index is 12.0. The molecule has 0 saturated heterocycles. The van der Waals surface area contributed by atoms with Crippen molar-refractivity contribution in [1.82, 2.24) is 10.7 Å². The van der Waals surface area contributed by atoms with E-state index in [0.29, 0.717) is 17.8 Å². The smallest absolute Gasteiger partial charge is 0.327 e. The number of para-hydroxylation sites is 1. The predicted molar refractivity (Wildman–Crippen MR) is 70.6 cm³/mol. The molecule has 0 heterocycles. The Hall–Kier alpha value is -2.37. The minimum atomic E-state index is -0.398. The highest BCUT2D eigenvalue weighted by molar-refractivity contribution is 6.15. The van der Waals surface area contributed by atoms with E-state index in [2.05, 4.69) is 15.8 Å². The highest BCUT2D eigenvalue weighted by Gasteiger charge is 2.17. The van der Waals surface area contributed by atoms with Gasteiger partial charge in [-0.2, -0.15) is 5.10 Å². The maximum absolute atomic E-state index is 12.0. The van der Waals surface area contributed by atoms with Crippen molar-refractivity contribution in [2.45, 2.75) is 6.92 Å². The van der Waals surface area contributed by atoms with Crippen molar-refractivity contribution < 1.29 is 9.59 Å². The molecule has 18 heavy (non-hydrogen) atoms. The van der Waals surface area contributed by atoms with Gasteiger partial charge in [0.25, 0.3) is 0 Å². The molecule has 0 aliphatic carbocycles. The van der Waals surface area contributed by atoms with Gasteiger partial charge in [-0.1, -0.05) is 18.2 Å². The lowest BCUT2D eigenvalue weighted by molar-refractivity contribution is -0.107. The topological polar surface area (TPSA) is 73.8 Å². The molecule has 0 radical (unpaired) electrons. The lowest BCUT2D eigenvalue weighted by Gasteiger charge is -2.21. The summed E-state index contributed by atoms with van der Waals surface area (Å²) in [6, 6.07) is 8.67.